The van der Waals surface area contributed by atoms with Gasteiger partial charge in [-0.05, 0) is 57.2 Å². The predicted octanol–water partition coefficient (Wildman–Crippen LogP) is 3.68. The Kier molecular flexibility index (Phi) is 7.88. The molecule has 4 heterocycles. The van der Waals surface area contributed by atoms with Crippen molar-refractivity contribution in [2.45, 2.75) is 45.1 Å². The van der Waals surface area contributed by atoms with Gasteiger partial charge in [0.05, 0.1) is 29.2 Å². The molecule has 2 N–H and O–H groups in total. The van der Waals surface area contributed by atoms with Gasteiger partial charge in [-0.25, -0.2) is 18.8 Å². The lowest BCUT2D eigenvalue weighted by Gasteiger charge is -2.35. The first-order valence-corrected chi connectivity index (χ1v) is 15.6. The minimum Gasteiger partial charge on any atom is -0.360 e. The first kappa shape index (κ1) is 27.5. The number of amides is 1. The third kappa shape index (κ3) is 5.92. The van der Waals surface area contributed by atoms with Crippen LogP contribution in [-0.2, 0) is 10.0 Å². The number of sulfonamides is 1. The Bertz CT molecular complexity index is 1470. The number of piperidine rings is 1. The summed E-state index contributed by atoms with van der Waals surface area (Å²) in [7, 11) is -1.58. The van der Waals surface area contributed by atoms with E-state index in [2.05, 4.69) is 27.0 Å². The molecule has 210 valence electrons. The first-order chi connectivity index (χ1) is 18.6. The summed E-state index contributed by atoms with van der Waals surface area (Å²) in [5, 5.41) is 7.47. The van der Waals surface area contributed by atoms with Crippen molar-refractivity contribution < 1.29 is 13.2 Å². The van der Waals surface area contributed by atoms with Crippen molar-refractivity contribution >= 4 is 50.5 Å². The SMILES string of the molecule is CCN(C)c1cc(N2CCCCN2)n2nc(C3CCCCN3C(=O)c3cc(Cl)ccc3NS(C)(=O)=O)cc2n1. The number of hydrogen-bond acceptors (Lipinski definition) is 8. The van der Waals surface area contributed by atoms with Crippen molar-refractivity contribution in [3.63, 3.8) is 0 Å². The largest absolute Gasteiger partial charge is 0.360 e. The van der Waals surface area contributed by atoms with Gasteiger partial charge in [0.1, 0.15) is 11.6 Å². The number of carbonyl (C=O) groups is 1. The fourth-order valence-electron chi connectivity index (χ4n) is 5.18. The van der Waals surface area contributed by atoms with E-state index >= 15 is 0 Å². The van der Waals surface area contributed by atoms with Crippen LogP contribution < -0.4 is 20.1 Å². The number of carbonyl (C=O) groups excluding carboxylic acids is 1. The summed E-state index contributed by atoms with van der Waals surface area (Å²) in [5.41, 5.74) is 5.36. The fourth-order valence-corrected chi connectivity index (χ4v) is 5.93. The van der Waals surface area contributed by atoms with E-state index in [1.807, 2.05) is 23.7 Å². The van der Waals surface area contributed by atoms with E-state index in [9.17, 15) is 13.2 Å². The van der Waals surface area contributed by atoms with Crippen LogP contribution in [0.5, 0.6) is 0 Å². The molecule has 0 aliphatic carbocycles. The topological polar surface area (TPSA) is 115 Å². The highest BCUT2D eigenvalue weighted by Gasteiger charge is 2.33. The van der Waals surface area contributed by atoms with E-state index < -0.39 is 10.0 Å². The molecule has 0 bridgehead atoms. The van der Waals surface area contributed by atoms with Crippen molar-refractivity contribution in [1.29, 1.82) is 0 Å². The molecule has 1 unspecified atom stereocenters. The number of fused-ring (bicyclic) bond motifs is 1. The quantitative estimate of drug-likeness (QED) is 0.439. The molecule has 39 heavy (non-hydrogen) atoms. The van der Waals surface area contributed by atoms with Crippen molar-refractivity contribution in [1.82, 2.24) is 24.9 Å². The number of anilines is 3. The molecule has 5 rings (SSSR count). The van der Waals surface area contributed by atoms with Gasteiger partial charge in [-0.3, -0.25) is 14.5 Å². The molecule has 2 fully saturated rings. The molecule has 1 atom stereocenters. The third-order valence-corrected chi connectivity index (χ3v) is 8.11. The van der Waals surface area contributed by atoms with Crippen LogP contribution in [0.1, 0.15) is 61.1 Å². The minimum atomic E-state index is -3.59. The van der Waals surface area contributed by atoms with Crippen LogP contribution in [0.15, 0.2) is 30.3 Å². The van der Waals surface area contributed by atoms with E-state index in [-0.39, 0.29) is 23.2 Å². The molecule has 11 nitrogen and oxygen atoms in total. The van der Waals surface area contributed by atoms with Gasteiger partial charge in [-0.2, -0.15) is 9.61 Å². The molecule has 13 heteroatoms. The number of aromatic nitrogens is 3. The number of benzene rings is 1. The lowest BCUT2D eigenvalue weighted by Crippen LogP contribution is -2.44. The van der Waals surface area contributed by atoms with Crippen LogP contribution in [-0.4, -0.2) is 73.3 Å². The second-order valence-electron chi connectivity index (χ2n) is 10.2. The molecular formula is C26H35ClN8O3S. The van der Waals surface area contributed by atoms with Gasteiger partial charge < -0.3 is 9.80 Å². The predicted molar refractivity (Wildman–Crippen MR) is 154 cm³/mol. The Balaban J connectivity index is 1.55. The summed E-state index contributed by atoms with van der Waals surface area (Å²) >= 11 is 6.23. The third-order valence-electron chi connectivity index (χ3n) is 7.28. The van der Waals surface area contributed by atoms with Crippen LogP contribution >= 0.6 is 11.6 Å². The molecule has 1 aromatic carbocycles. The van der Waals surface area contributed by atoms with Gasteiger partial charge in [0.25, 0.3) is 5.91 Å². The number of hydrogen-bond donors (Lipinski definition) is 2. The fraction of sp³-hybridized carbons (Fsp3) is 0.500. The van der Waals surface area contributed by atoms with E-state index in [0.29, 0.717) is 17.2 Å². The number of nitrogens with zero attached hydrogens (tertiary/aromatic N) is 6. The Morgan fingerprint density at radius 3 is 2.69 bits per heavy atom. The number of nitrogens with one attached hydrogen (secondary N) is 2. The molecule has 2 aliphatic rings. The molecule has 2 saturated heterocycles. The lowest BCUT2D eigenvalue weighted by molar-refractivity contribution is 0.0607. The van der Waals surface area contributed by atoms with Gasteiger partial charge in [0.2, 0.25) is 10.0 Å². The van der Waals surface area contributed by atoms with E-state index in [4.69, 9.17) is 21.7 Å². The summed E-state index contributed by atoms with van der Waals surface area (Å²) < 4.78 is 28.3. The van der Waals surface area contributed by atoms with E-state index in [1.165, 1.54) is 12.1 Å². The summed E-state index contributed by atoms with van der Waals surface area (Å²) in [4.78, 5) is 22.7. The average Bonchev–Trinajstić information content (AvgIpc) is 3.36. The van der Waals surface area contributed by atoms with Crippen molar-refractivity contribution in [2.24, 2.45) is 0 Å². The summed E-state index contributed by atoms with van der Waals surface area (Å²) in [5.74, 6) is 1.47. The van der Waals surface area contributed by atoms with Crippen molar-refractivity contribution in [3.8, 4) is 0 Å². The highest BCUT2D eigenvalue weighted by atomic mass is 35.5. The van der Waals surface area contributed by atoms with Gasteiger partial charge in [0, 0.05) is 50.4 Å². The molecule has 3 aromatic rings. The number of halogens is 1. The highest BCUT2D eigenvalue weighted by Crippen LogP contribution is 2.35. The van der Waals surface area contributed by atoms with Crippen molar-refractivity contribution in [2.75, 3.05) is 54.1 Å². The van der Waals surface area contributed by atoms with Gasteiger partial charge in [0.15, 0.2) is 5.65 Å². The number of rotatable bonds is 7. The normalized spacial score (nSPS) is 18.4. The Labute approximate surface area is 234 Å². The number of likely N-dealkylation sites (tertiary alicyclic amines) is 1. The van der Waals surface area contributed by atoms with Crippen LogP contribution in [0.3, 0.4) is 0 Å². The second-order valence-corrected chi connectivity index (χ2v) is 12.4. The van der Waals surface area contributed by atoms with Gasteiger partial charge in [-0.1, -0.05) is 11.6 Å². The van der Waals surface area contributed by atoms with Crippen LogP contribution in [0.2, 0.25) is 5.02 Å². The van der Waals surface area contributed by atoms with E-state index in [0.717, 1.165) is 75.3 Å². The monoisotopic (exact) mass is 574 g/mol. The molecule has 0 spiro atoms. The van der Waals surface area contributed by atoms with Crippen LogP contribution in [0.4, 0.5) is 17.3 Å². The van der Waals surface area contributed by atoms with Gasteiger partial charge in [-0.15, -0.1) is 0 Å². The van der Waals surface area contributed by atoms with Crippen molar-refractivity contribution in [3.05, 3.63) is 46.6 Å². The summed E-state index contributed by atoms with van der Waals surface area (Å²) in [6.45, 7) is 5.18. The molecule has 0 saturated carbocycles. The zero-order valence-electron chi connectivity index (χ0n) is 22.5. The van der Waals surface area contributed by atoms with Crippen LogP contribution in [0.25, 0.3) is 5.65 Å². The molecule has 1 amide bonds. The smallest absolute Gasteiger partial charge is 0.256 e. The highest BCUT2D eigenvalue weighted by molar-refractivity contribution is 7.92. The number of hydrazine groups is 1. The maximum atomic E-state index is 13.9. The minimum absolute atomic E-state index is 0.207. The molecular weight excluding hydrogens is 540 g/mol. The second kappa shape index (κ2) is 11.2. The van der Waals surface area contributed by atoms with Crippen LogP contribution in [0, 0.1) is 0 Å². The maximum absolute atomic E-state index is 13.9. The summed E-state index contributed by atoms with van der Waals surface area (Å²) in [6, 6.07) is 8.33. The molecule has 2 aliphatic heterocycles. The zero-order chi connectivity index (χ0) is 27.7. The standard InChI is InChI=1S/C26H35ClN8O3S/c1-4-32(2)23-17-25(34-14-8-6-12-28-34)35-24(29-23)16-21(30-35)22-9-5-7-13-33(22)26(36)19-15-18(27)10-11-20(19)31-39(3,37)38/h10-11,15-17,22,28,31H,4-9,12-14H2,1-3H3. The average molecular weight is 575 g/mol. The Morgan fingerprint density at radius 1 is 1.18 bits per heavy atom. The van der Waals surface area contributed by atoms with Gasteiger partial charge >= 0.3 is 0 Å². The summed E-state index contributed by atoms with van der Waals surface area (Å²) in [6.07, 6.45) is 5.79. The zero-order valence-corrected chi connectivity index (χ0v) is 24.1. The lowest BCUT2D eigenvalue weighted by atomic mass is 9.98. The van der Waals surface area contributed by atoms with E-state index in [1.54, 1.807) is 11.0 Å². The molecule has 2 aromatic heterocycles. The Morgan fingerprint density at radius 2 is 1.97 bits per heavy atom. The Hall–Kier alpha value is -3.09. The maximum Gasteiger partial charge on any atom is 0.256 e. The first-order valence-electron chi connectivity index (χ1n) is 13.4. The molecule has 0 radical (unpaired) electrons.